The van der Waals surface area contributed by atoms with Gasteiger partial charge in [-0.15, -0.1) is 0 Å². The highest BCUT2D eigenvalue weighted by molar-refractivity contribution is 7.47. The third-order valence-electron chi connectivity index (χ3n) is 15.8. The van der Waals surface area contributed by atoms with E-state index in [-0.39, 0.29) is 25.7 Å². The highest BCUT2D eigenvalue weighted by atomic mass is 31.2. The van der Waals surface area contributed by atoms with Gasteiger partial charge in [-0.2, -0.15) is 0 Å². The third kappa shape index (κ3) is 73.3. The van der Waals surface area contributed by atoms with Gasteiger partial charge in [0.05, 0.1) is 32.8 Å². The number of phosphoric ester groups is 2. The number of unbranched alkanes of at least 4 members (excludes halogenated alkanes) is 23. The molecule has 0 aliphatic heterocycles. The van der Waals surface area contributed by atoms with E-state index in [1.807, 2.05) is 24.3 Å². The van der Waals surface area contributed by atoms with Crippen LogP contribution in [0.5, 0.6) is 0 Å². The van der Waals surface area contributed by atoms with Crippen LogP contribution in [0.3, 0.4) is 0 Å². The largest absolute Gasteiger partial charge is 0.472 e. The van der Waals surface area contributed by atoms with Crippen LogP contribution in [0.2, 0.25) is 0 Å². The van der Waals surface area contributed by atoms with E-state index in [1.54, 1.807) is 6.08 Å². The molecule has 19 heteroatoms. The number of carbonyl (C=O) groups is 4. The predicted octanol–water partition coefficient (Wildman–Crippen LogP) is 22.7. The number of aliphatic hydroxyl groups excluding tert-OH is 1. The third-order valence-corrected chi connectivity index (χ3v) is 17.7. The lowest BCUT2D eigenvalue weighted by molar-refractivity contribution is -0.161. The summed E-state index contributed by atoms with van der Waals surface area (Å²) in [6.45, 7) is 4.44. The summed E-state index contributed by atoms with van der Waals surface area (Å²) in [5, 5.41) is 10.6. The van der Waals surface area contributed by atoms with Crippen LogP contribution in [0.1, 0.15) is 297 Å². The molecule has 0 aromatic rings. The number of rotatable bonds is 72. The van der Waals surface area contributed by atoms with Gasteiger partial charge in [-0.25, -0.2) is 9.13 Å². The van der Waals surface area contributed by atoms with Crippen molar-refractivity contribution in [2.75, 3.05) is 39.6 Å². The minimum Gasteiger partial charge on any atom is -0.462 e. The lowest BCUT2D eigenvalue weighted by Gasteiger charge is -2.21. The molecule has 17 nitrogen and oxygen atoms in total. The van der Waals surface area contributed by atoms with Gasteiger partial charge >= 0.3 is 39.5 Å². The van der Waals surface area contributed by atoms with Gasteiger partial charge in [-0.3, -0.25) is 37.3 Å². The predicted molar refractivity (Wildman–Crippen MR) is 417 cm³/mol. The van der Waals surface area contributed by atoms with Crippen molar-refractivity contribution in [1.82, 2.24) is 0 Å². The molecule has 0 radical (unpaired) electrons. The molecular weight excluding hydrogens is 1330 g/mol. The van der Waals surface area contributed by atoms with Crippen molar-refractivity contribution in [3.05, 3.63) is 146 Å². The Morgan fingerprint density at radius 3 is 0.912 bits per heavy atom. The molecule has 0 aromatic heterocycles. The van der Waals surface area contributed by atoms with E-state index >= 15 is 0 Å². The molecule has 3 N–H and O–H groups in total. The smallest absolute Gasteiger partial charge is 0.462 e. The van der Waals surface area contributed by atoms with Gasteiger partial charge in [0.2, 0.25) is 0 Å². The van der Waals surface area contributed by atoms with Crippen molar-refractivity contribution in [2.24, 2.45) is 0 Å². The van der Waals surface area contributed by atoms with Crippen LogP contribution in [0.4, 0.5) is 0 Å². The van der Waals surface area contributed by atoms with Crippen molar-refractivity contribution in [2.45, 2.75) is 316 Å². The Balaban J connectivity index is 5.44. The number of esters is 4. The Morgan fingerprint density at radius 1 is 0.294 bits per heavy atom. The molecule has 0 fully saturated rings. The van der Waals surface area contributed by atoms with Crippen molar-refractivity contribution < 1.29 is 80.2 Å². The summed E-state index contributed by atoms with van der Waals surface area (Å²) in [4.78, 5) is 72.9. The maximum Gasteiger partial charge on any atom is 0.472 e. The highest BCUT2D eigenvalue weighted by Crippen LogP contribution is 2.45. The summed E-state index contributed by atoms with van der Waals surface area (Å²) in [6, 6.07) is 0. The second-order valence-electron chi connectivity index (χ2n) is 25.6. The molecular formula is C83H138O17P2. The minimum absolute atomic E-state index is 0.0191. The molecule has 5 unspecified atom stereocenters. The van der Waals surface area contributed by atoms with Gasteiger partial charge in [-0.05, 0) is 128 Å². The van der Waals surface area contributed by atoms with Crippen molar-refractivity contribution >= 4 is 39.5 Å². The van der Waals surface area contributed by atoms with Crippen LogP contribution >= 0.6 is 15.6 Å². The van der Waals surface area contributed by atoms with Gasteiger partial charge in [0.1, 0.15) is 19.3 Å². The molecule has 0 spiro atoms. The molecule has 582 valence electrons. The number of allylic oxidation sites excluding steroid dienone is 23. The number of phosphoric acid groups is 2. The maximum atomic E-state index is 13.1. The first kappa shape index (κ1) is 96.9. The van der Waals surface area contributed by atoms with E-state index in [4.69, 9.17) is 37.0 Å². The first-order chi connectivity index (χ1) is 49.7. The van der Waals surface area contributed by atoms with Gasteiger partial charge < -0.3 is 33.8 Å². The summed E-state index contributed by atoms with van der Waals surface area (Å²) < 4.78 is 68.4. The second-order valence-corrected chi connectivity index (χ2v) is 28.5. The zero-order chi connectivity index (χ0) is 74.6. The van der Waals surface area contributed by atoms with Crippen LogP contribution in [-0.4, -0.2) is 96.7 Å². The number of hydrogen-bond donors (Lipinski definition) is 3. The number of aliphatic hydroxyl groups is 1. The van der Waals surface area contributed by atoms with Gasteiger partial charge in [0.15, 0.2) is 12.2 Å². The molecule has 0 saturated heterocycles. The topological polar surface area (TPSA) is 237 Å². The fourth-order valence-electron chi connectivity index (χ4n) is 9.94. The van der Waals surface area contributed by atoms with Crippen LogP contribution in [-0.2, 0) is 65.4 Å². The second kappa shape index (κ2) is 74.2. The summed E-state index contributed by atoms with van der Waals surface area (Å²) in [5.74, 6) is -2.39. The molecule has 0 aliphatic rings. The fourth-order valence-corrected chi connectivity index (χ4v) is 11.5. The van der Waals surface area contributed by atoms with Crippen LogP contribution in [0.15, 0.2) is 146 Å². The van der Waals surface area contributed by atoms with Crippen molar-refractivity contribution in [1.29, 1.82) is 0 Å². The molecule has 0 bridgehead atoms. The average molecular weight is 1470 g/mol. The monoisotopic (exact) mass is 1470 g/mol. The van der Waals surface area contributed by atoms with E-state index < -0.39 is 97.5 Å². The molecule has 0 aliphatic carbocycles. The first-order valence-electron chi connectivity index (χ1n) is 39.1. The summed E-state index contributed by atoms with van der Waals surface area (Å²) in [6.07, 6.45) is 84.4. The molecule has 0 heterocycles. The van der Waals surface area contributed by atoms with E-state index in [0.29, 0.717) is 32.1 Å². The Kier molecular flexibility index (Phi) is 70.5. The molecule has 0 amide bonds. The van der Waals surface area contributed by atoms with Crippen LogP contribution in [0.25, 0.3) is 0 Å². The minimum atomic E-state index is -5.01. The Morgan fingerprint density at radius 2 is 0.549 bits per heavy atom. The Bertz CT molecular complexity index is 2510. The molecule has 0 saturated carbocycles. The Hall–Kier alpha value is -5.06. The van der Waals surface area contributed by atoms with E-state index in [9.17, 15) is 43.2 Å². The average Bonchev–Trinajstić information content (AvgIpc) is 0.919. The highest BCUT2D eigenvalue weighted by Gasteiger charge is 2.30. The van der Waals surface area contributed by atoms with Crippen LogP contribution < -0.4 is 0 Å². The molecule has 0 aromatic carbocycles. The van der Waals surface area contributed by atoms with Gasteiger partial charge in [0, 0.05) is 19.3 Å². The quantitative estimate of drug-likeness (QED) is 0.0169. The lowest BCUT2D eigenvalue weighted by Crippen LogP contribution is -2.30. The standard InChI is InChI=1S/C83H138O17P2/c1-5-9-13-17-21-25-29-33-36-37-38-39-42-45-48-52-56-60-64-68-81(86)94-73-78(99-82(87)69-65-61-57-53-49-43-32-28-24-20-16-12-8-4)75-97-101(89,90)95-71-77(84)72-96-102(91,92)98-76-79(100-83(88)70-66-62-58-54-50-46-41-35-31-27-23-19-15-11-7-3)74-93-80(85)67-63-59-55-51-47-44-40-34-30-26-22-18-14-10-6-2/h10-11,14-15,21-23,25-27,33-36,38-41,47,50-51,54,59,63,77-79,84H,5-9,12-13,16-20,24,28-32,37,42-46,48-49,52-53,55-58,60-62,64-76H2,1-4H3,(H,89,90)(H,91,92)/b14-10-,15-11-,25-21-,26-22-,27-23-,36-33-,39-38-,40-34-,41-35-,51-47-,54-50-,63-59-. The summed E-state index contributed by atoms with van der Waals surface area (Å²) >= 11 is 0. The molecule has 102 heavy (non-hydrogen) atoms. The fraction of sp³-hybridized carbons (Fsp3) is 0.663. The summed E-state index contributed by atoms with van der Waals surface area (Å²) in [5.41, 5.74) is 0. The zero-order valence-electron chi connectivity index (χ0n) is 63.5. The molecule has 5 atom stereocenters. The van der Waals surface area contributed by atoms with Crippen molar-refractivity contribution in [3.8, 4) is 0 Å². The Labute approximate surface area is 617 Å². The van der Waals surface area contributed by atoms with E-state index in [2.05, 4.69) is 143 Å². The zero-order valence-corrected chi connectivity index (χ0v) is 65.3. The number of ether oxygens (including phenoxy) is 4. The number of hydrogen-bond acceptors (Lipinski definition) is 15. The van der Waals surface area contributed by atoms with Crippen molar-refractivity contribution in [3.63, 3.8) is 0 Å². The summed E-state index contributed by atoms with van der Waals surface area (Å²) in [7, 11) is -10.0. The normalized spacial score (nSPS) is 14.7. The number of carbonyl (C=O) groups excluding carboxylic acids is 4. The van der Waals surface area contributed by atoms with Gasteiger partial charge in [-0.1, -0.05) is 289 Å². The van der Waals surface area contributed by atoms with E-state index in [1.165, 1.54) is 70.6 Å². The lowest BCUT2D eigenvalue weighted by atomic mass is 10.0. The van der Waals surface area contributed by atoms with Crippen LogP contribution in [0, 0.1) is 0 Å². The maximum absolute atomic E-state index is 13.1. The SMILES string of the molecule is CC/C=C\C/C=C\C/C=C\C/C=C\C/C=C\CC(=O)OCC(COP(=O)(O)OCC(O)COP(=O)(O)OCC(COC(=O)CCCCCCCC/C=C\C/C=C\C/C=C\CCCCC)OC(=O)CCCCCCCCCCCCCCC)OC(=O)CCCC/C=C\C/C=C\C/C=C\C/C=C\CC. The molecule has 0 rings (SSSR count). The van der Waals surface area contributed by atoms with Gasteiger partial charge in [0.25, 0.3) is 0 Å². The first-order valence-corrected chi connectivity index (χ1v) is 42.1. The van der Waals surface area contributed by atoms with E-state index in [0.717, 1.165) is 141 Å².